The SMILES string of the molecule is Cc1[nH]nc2c1c(=O)n(CCCN)c1cc(C#CCN3CCCC3)ccc21. The number of pyridine rings is 1. The Labute approximate surface area is 158 Å². The normalized spacial score (nSPS) is 14.7. The summed E-state index contributed by atoms with van der Waals surface area (Å²) in [6.07, 6.45) is 3.29. The number of aromatic nitrogens is 3. The molecule has 0 spiro atoms. The molecule has 4 rings (SSSR count). The smallest absolute Gasteiger partial charge is 0.262 e. The van der Waals surface area contributed by atoms with E-state index in [2.05, 4.69) is 26.9 Å². The van der Waals surface area contributed by atoms with E-state index in [4.69, 9.17) is 5.73 Å². The Kier molecular flexibility index (Phi) is 4.97. The number of aryl methyl sites for hydroxylation is 2. The molecule has 0 bridgehead atoms. The van der Waals surface area contributed by atoms with E-state index in [1.807, 2.05) is 29.7 Å². The van der Waals surface area contributed by atoms with Crippen molar-refractivity contribution in [3.05, 3.63) is 39.8 Å². The van der Waals surface area contributed by atoms with Crippen LogP contribution >= 0.6 is 0 Å². The van der Waals surface area contributed by atoms with Crippen LogP contribution in [0.25, 0.3) is 21.8 Å². The average molecular weight is 363 g/mol. The first-order chi connectivity index (χ1) is 13.2. The van der Waals surface area contributed by atoms with Gasteiger partial charge in [0.05, 0.1) is 17.4 Å². The number of aromatic amines is 1. The van der Waals surface area contributed by atoms with Gasteiger partial charge < -0.3 is 10.3 Å². The Morgan fingerprint density at radius 3 is 2.89 bits per heavy atom. The summed E-state index contributed by atoms with van der Waals surface area (Å²) in [6.45, 7) is 6.11. The van der Waals surface area contributed by atoms with Crippen molar-refractivity contribution >= 4 is 21.8 Å². The van der Waals surface area contributed by atoms with Crippen molar-refractivity contribution in [2.75, 3.05) is 26.2 Å². The molecule has 0 radical (unpaired) electrons. The fraction of sp³-hybridized carbons (Fsp3) is 0.429. The fourth-order valence-corrected chi connectivity index (χ4v) is 3.83. The summed E-state index contributed by atoms with van der Waals surface area (Å²) >= 11 is 0. The van der Waals surface area contributed by atoms with Crippen LogP contribution in [0.5, 0.6) is 0 Å². The standard InChI is InChI=1S/C21H25N5O/c1-15-19-20(24-23-15)17-8-7-16(6-4-12-25-10-2-3-11-25)14-18(17)26(21(19)27)13-5-9-22/h7-8,14H,2-3,5,9-13,22H2,1H3,(H,23,24). The van der Waals surface area contributed by atoms with E-state index in [-0.39, 0.29) is 5.56 Å². The Balaban J connectivity index is 1.80. The first-order valence-electron chi connectivity index (χ1n) is 9.61. The Bertz CT molecular complexity index is 1090. The molecule has 0 amide bonds. The molecule has 0 unspecified atom stereocenters. The Hall–Kier alpha value is -2.62. The van der Waals surface area contributed by atoms with E-state index in [1.54, 1.807) is 0 Å². The van der Waals surface area contributed by atoms with Crippen molar-refractivity contribution in [3.63, 3.8) is 0 Å². The maximum absolute atomic E-state index is 13.0. The summed E-state index contributed by atoms with van der Waals surface area (Å²) in [4.78, 5) is 15.4. The monoisotopic (exact) mass is 363 g/mol. The van der Waals surface area contributed by atoms with Crippen LogP contribution < -0.4 is 11.3 Å². The third-order valence-corrected chi connectivity index (χ3v) is 5.27. The summed E-state index contributed by atoms with van der Waals surface area (Å²) in [5.74, 6) is 6.53. The van der Waals surface area contributed by atoms with Crippen molar-refractivity contribution in [1.29, 1.82) is 0 Å². The molecule has 0 atom stereocenters. The minimum Gasteiger partial charge on any atom is -0.330 e. The molecule has 3 N–H and O–H groups in total. The van der Waals surface area contributed by atoms with Crippen LogP contribution in [0.3, 0.4) is 0 Å². The van der Waals surface area contributed by atoms with Gasteiger partial charge in [-0.3, -0.25) is 14.8 Å². The predicted octanol–water partition coefficient (Wildman–Crippen LogP) is 1.98. The van der Waals surface area contributed by atoms with Crippen molar-refractivity contribution in [3.8, 4) is 11.8 Å². The molecule has 1 fully saturated rings. The molecule has 1 aliphatic heterocycles. The highest BCUT2D eigenvalue weighted by atomic mass is 16.1. The number of H-pyrrole nitrogens is 1. The highest BCUT2D eigenvalue weighted by molar-refractivity contribution is 6.04. The third kappa shape index (κ3) is 3.36. The highest BCUT2D eigenvalue weighted by Crippen LogP contribution is 2.24. The second kappa shape index (κ2) is 7.55. The topological polar surface area (TPSA) is 79.9 Å². The van der Waals surface area contributed by atoms with E-state index in [1.165, 1.54) is 12.8 Å². The molecular formula is C21H25N5O. The van der Waals surface area contributed by atoms with Gasteiger partial charge in [-0.25, -0.2) is 0 Å². The second-order valence-electron chi connectivity index (χ2n) is 7.19. The molecule has 2 aromatic heterocycles. The van der Waals surface area contributed by atoms with E-state index in [0.29, 0.717) is 18.5 Å². The molecule has 3 aromatic rings. The van der Waals surface area contributed by atoms with Gasteiger partial charge in [0.15, 0.2) is 0 Å². The average Bonchev–Trinajstić information content (AvgIpc) is 3.32. The maximum atomic E-state index is 13.0. The van der Waals surface area contributed by atoms with Gasteiger partial charge >= 0.3 is 0 Å². The molecule has 1 aromatic carbocycles. The number of nitrogens with two attached hydrogens (primary N) is 1. The lowest BCUT2D eigenvalue weighted by atomic mass is 10.1. The van der Waals surface area contributed by atoms with Crippen LogP contribution in [0.1, 0.15) is 30.5 Å². The van der Waals surface area contributed by atoms with Gasteiger partial charge in [0.1, 0.15) is 5.52 Å². The zero-order valence-electron chi connectivity index (χ0n) is 15.7. The number of fused-ring (bicyclic) bond motifs is 3. The Morgan fingerprint density at radius 1 is 1.30 bits per heavy atom. The van der Waals surface area contributed by atoms with Gasteiger partial charge in [-0.2, -0.15) is 5.10 Å². The number of rotatable bonds is 4. The molecule has 1 aliphatic rings. The summed E-state index contributed by atoms with van der Waals surface area (Å²) in [5.41, 5.74) is 9.00. The van der Waals surface area contributed by atoms with E-state index in [9.17, 15) is 4.79 Å². The maximum Gasteiger partial charge on any atom is 0.262 e. The van der Waals surface area contributed by atoms with E-state index < -0.39 is 0 Å². The number of hydrogen-bond donors (Lipinski definition) is 2. The molecule has 140 valence electrons. The lowest BCUT2D eigenvalue weighted by Gasteiger charge is -2.11. The number of nitrogens with zero attached hydrogens (tertiary/aromatic N) is 3. The van der Waals surface area contributed by atoms with Crippen molar-refractivity contribution < 1.29 is 0 Å². The number of benzene rings is 1. The summed E-state index contributed by atoms with van der Waals surface area (Å²) in [6, 6.07) is 6.05. The van der Waals surface area contributed by atoms with Gasteiger partial charge in [-0.1, -0.05) is 11.8 Å². The highest BCUT2D eigenvalue weighted by Gasteiger charge is 2.15. The van der Waals surface area contributed by atoms with Gasteiger partial charge in [-0.05, 0) is 64.0 Å². The van der Waals surface area contributed by atoms with Crippen molar-refractivity contribution in [1.82, 2.24) is 19.7 Å². The summed E-state index contributed by atoms with van der Waals surface area (Å²) in [5, 5.41) is 8.95. The largest absolute Gasteiger partial charge is 0.330 e. The predicted molar refractivity (Wildman–Crippen MR) is 109 cm³/mol. The molecule has 0 saturated carbocycles. The zero-order valence-corrected chi connectivity index (χ0v) is 15.7. The number of nitrogens with one attached hydrogen (secondary N) is 1. The minimum absolute atomic E-state index is 0.0145. The first kappa shape index (κ1) is 17.8. The molecule has 6 heteroatoms. The quantitative estimate of drug-likeness (QED) is 0.695. The van der Waals surface area contributed by atoms with Gasteiger partial charge in [0.25, 0.3) is 5.56 Å². The first-order valence-corrected chi connectivity index (χ1v) is 9.61. The number of likely N-dealkylation sites (tertiary alicyclic amines) is 1. The van der Waals surface area contributed by atoms with Crippen LogP contribution in [0.15, 0.2) is 23.0 Å². The third-order valence-electron chi connectivity index (χ3n) is 5.27. The van der Waals surface area contributed by atoms with Crippen LogP contribution in [0, 0.1) is 18.8 Å². The fourth-order valence-electron chi connectivity index (χ4n) is 3.83. The van der Waals surface area contributed by atoms with E-state index in [0.717, 1.165) is 53.7 Å². The van der Waals surface area contributed by atoms with Crippen molar-refractivity contribution in [2.24, 2.45) is 5.73 Å². The molecule has 1 saturated heterocycles. The second-order valence-corrected chi connectivity index (χ2v) is 7.19. The summed E-state index contributed by atoms with van der Waals surface area (Å²) < 4.78 is 1.82. The molecular weight excluding hydrogens is 338 g/mol. The minimum atomic E-state index is -0.0145. The van der Waals surface area contributed by atoms with Crippen LogP contribution in [0.2, 0.25) is 0 Å². The van der Waals surface area contributed by atoms with Crippen LogP contribution in [-0.2, 0) is 6.54 Å². The Morgan fingerprint density at radius 2 is 2.11 bits per heavy atom. The lowest BCUT2D eigenvalue weighted by Crippen LogP contribution is -2.22. The van der Waals surface area contributed by atoms with Crippen LogP contribution in [-0.4, -0.2) is 45.8 Å². The molecule has 6 nitrogen and oxygen atoms in total. The van der Waals surface area contributed by atoms with Crippen molar-refractivity contribution in [2.45, 2.75) is 32.7 Å². The molecule has 27 heavy (non-hydrogen) atoms. The zero-order chi connectivity index (χ0) is 18.8. The molecule has 3 heterocycles. The van der Waals surface area contributed by atoms with Gasteiger partial charge in [-0.15, -0.1) is 0 Å². The van der Waals surface area contributed by atoms with Gasteiger partial charge in [0, 0.05) is 23.2 Å². The summed E-state index contributed by atoms with van der Waals surface area (Å²) in [7, 11) is 0. The lowest BCUT2D eigenvalue weighted by molar-refractivity contribution is 0.383. The van der Waals surface area contributed by atoms with Crippen LogP contribution in [0.4, 0.5) is 0 Å². The number of hydrogen-bond acceptors (Lipinski definition) is 4. The van der Waals surface area contributed by atoms with E-state index >= 15 is 0 Å². The van der Waals surface area contributed by atoms with Gasteiger partial charge in [0.2, 0.25) is 0 Å². The molecule has 0 aliphatic carbocycles.